The first-order chi connectivity index (χ1) is 7.86. The molecule has 2 aliphatic carbocycles. The molecule has 2 saturated carbocycles. The molecule has 3 rings (SSSR count). The summed E-state index contributed by atoms with van der Waals surface area (Å²) in [5, 5.41) is 12.3. The zero-order chi connectivity index (χ0) is 11.0. The molecule has 3 unspecified atom stereocenters. The number of nitrogens with one attached hydrogen (secondary N) is 1. The quantitative estimate of drug-likeness (QED) is 0.817. The highest BCUT2D eigenvalue weighted by atomic mass is 15.0. The van der Waals surface area contributed by atoms with E-state index in [1.54, 1.807) is 12.4 Å². The van der Waals surface area contributed by atoms with Gasteiger partial charge in [-0.15, -0.1) is 0 Å². The zero-order valence-electron chi connectivity index (χ0n) is 9.06. The van der Waals surface area contributed by atoms with Crippen LogP contribution in [0.3, 0.4) is 0 Å². The SMILES string of the molecule is N#Cc1nccnc1NC1CC2CCC1C2. The lowest BCUT2D eigenvalue weighted by Gasteiger charge is -2.23. The van der Waals surface area contributed by atoms with E-state index >= 15 is 0 Å². The van der Waals surface area contributed by atoms with Crippen LogP contribution in [0.5, 0.6) is 0 Å². The summed E-state index contributed by atoms with van der Waals surface area (Å²) in [4.78, 5) is 8.22. The molecule has 1 aromatic heterocycles. The van der Waals surface area contributed by atoms with E-state index in [0.717, 1.165) is 11.8 Å². The van der Waals surface area contributed by atoms with Crippen molar-refractivity contribution in [3.63, 3.8) is 0 Å². The van der Waals surface area contributed by atoms with Crippen molar-refractivity contribution in [3.05, 3.63) is 18.1 Å². The molecule has 0 spiro atoms. The van der Waals surface area contributed by atoms with Crippen molar-refractivity contribution in [1.29, 1.82) is 5.26 Å². The first kappa shape index (κ1) is 9.59. The standard InChI is InChI=1S/C12H14N4/c13-7-11-12(15-4-3-14-11)16-10-6-8-1-2-9(10)5-8/h3-4,8-10H,1-2,5-6H2,(H,15,16). The Morgan fingerprint density at radius 1 is 1.25 bits per heavy atom. The van der Waals surface area contributed by atoms with E-state index in [4.69, 9.17) is 5.26 Å². The fourth-order valence-electron chi connectivity index (χ4n) is 3.12. The van der Waals surface area contributed by atoms with Crippen LogP contribution in [0.25, 0.3) is 0 Å². The minimum atomic E-state index is 0.408. The number of rotatable bonds is 2. The van der Waals surface area contributed by atoms with Gasteiger partial charge in [0.25, 0.3) is 0 Å². The molecule has 0 amide bonds. The molecule has 0 aliphatic heterocycles. The molecule has 82 valence electrons. The molecule has 0 aromatic carbocycles. The van der Waals surface area contributed by atoms with E-state index in [0.29, 0.717) is 17.6 Å². The minimum Gasteiger partial charge on any atom is -0.365 e. The van der Waals surface area contributed by atoms with Gasteiger partial charge in [0.1, 0.15) is 6.07 Å². The van der Waals surface area contributed by atoms with E-state index in [-0.39, 0.29) is 0 Å². The van der Waals surface area contributed by atoms with Crippen molar-refractivity contribution in [2.24, 2.45) is 11.8 Å². The van der Waals surface area contributed by atoms with Crippen LogP contribution in [0.2, 0.25) is 0 Å². The highest BCUT2D eigenvalue weighted by Crippen LogP contribution is 2.45. The van der Waals surface area contributed by atoms with Crippen molar-refractivity contribution in [2.75, 3.05) is 5.32 Å². The van der Waals surface area contributed by atoms with Crippen molar-refractivity contribution >= 4 is 5.82 Å². The number of nitrogens with zero attached hydrogens (tertiary/aromatic N) is 3. The summed E-state index contributed by atoms with van der Waals surface area (Å²) in [5.74, 6) is 2.32. The number of hydrogen-bond acceptors (Lipinski definition) is 4. The number of fused-ring (bicyclic) bond motifs is 2. The maximum Gasteiger partial charge on any atom is 0.182 e. The molecule has 4 nitrogen and oxygen atoms in total. The van der Waals surface area contributed by atoms with Crippen molar-refractivity contribution in [3.8, 4) is 6.07 Å². The van der Waals surface area contributed by atoms with Crippen LogP contribution in [0, 0.1) is 23.2 Å². The summed E-state index contributed by atoms with van der Waals surface area (Å²) in [6, 6.07) is 2.58. The second-order valence-corrected chi connectivity index (χ2v) is 4.79. The van der Waals surface area contributed by atoms with Gasteiger partial charge in [0.05, 0.1) is 0 Å². The monoisotopic (exact) mass is 214 g/mol. The average Bonchev–Trinajstić information content (AvgIpc) is 2.92. The molecular formula is C12H14N4. The molecule has 3 atom stereocenters. The van der Waals surface area contributed by atoms with E-state index in [1.807, 2.05) is 0 Å². The molecule has 1 heterocycles. The number of hydrogen-bond donors (Lipinski definition) is 1. The summed E-state index contributed by atoms with van der Waals surface area (Å²) in [7, 11) is 0. The summed E-state index contributed by atoms with van der Waals surface area (Å²) in [6.07, 6.45) is 8.48. The second-order valence-electron chi connectivity index (χ2n) is 4.79. The Labute approximate surface area is 94.7 Å². The van der Waals surface area contributed by atoms with Crippen molar-refractivity contribution in [1.82, 2.24) is 9.97 Å². The maximum atomic E-state index is 8.93. The van der Waals surface area contributed by atoms with Gasteiger partial charge >= 0.3 is 0 Å². The van der Waals surface area contributed by atoms with Gasteiger partial charge in [-0.3, -0.25) is 0 Å². The number of anilines is 1. The molecule has 1 N–H and O–H groups in total. The largest absolute Gasteiger partial charge is 0.365 e. The Morgan fingerprint density at radius 3 is 2.81 bits per heavy atom. The van der Waals surface area contributed by atoms with Gasteiger partial charge in [-0.2, -0.15) is 5.26 Å². The Morgan fingerprint density at radius 2 is 2.12 bits per heavy atom. The highest BCUT2D eigenvalue weighted by molar-refractivity contribution is 5.47. The topological polar surface area (TPSA) is 61.6 Å². The predicted octanol–water partition coefficient (Wildman–Crippen LogP) is 1.95. The van der Waals surface area contributed by atoms with Crippen LogP contribution in [0.1, 0.15) is 31.4 Å². The third-order valence-electron chi connectivity index (χ3n) is 3.86. The van der Waals surface area contributed by atoms with Crippen LogP contribution in [0.4, 0.5) is 5.82 Å². The van der Waals surface area contributed by atoms with E-state index in [2.05, 4.69) is 21.4 Å². The highest BCUT2D eigenvalue weighted by Gasteiger charge is 2.39. The first-order valence-corrected chi connectivity index (χ1v) is 5.84. The van der Waals surface area contributed by atoms with Crippen LogP contribution in [-0.2, 0) is 0 Å². The summed E-state index contributed by atoms with van der Waals surface area (Å²) in [5.41, 5.74) is 0.408. The zero-order valence-corrected chi connectivity index (χ0v) is 9.06. The molecule has 16 heavy (non-hydrogen) atoms. The third kappa shape index (κ3) is 1.53. The van der Waals surface area contributed by atoms with Gasteiger partial charge in [0.2, 0.25) is 0 Å². The lowest BCUT2D eigenvalue weighted by molar-refractivity contribution is 0.439. The van der Waals surface area contributed by atoms with Gasteiger partial charge in [0, 0.05) is 18.4 Å². The summed E-state index contributed by atoms with van der Waals surface area (Å²) in [6.45, 7) is 0. The third-order valence-corrected chi connectivity index (χ3v) is 3.86. The fraction of sp³-hybridized carbons (Fsp3) is 0.583. The molecule has 1 aromatic rings. The Kier molecular flexibility index (Phi) is 2.24. The fourth-order valence-corrected chi connectivity index (χ4v) is 3.12. The second kappa shape index (κ2) is 3.75. The number of aromatic nitrogens is 2. The van der Waals surface area contributed by atoms with Crippen LogP contribution >= 0.6 is 0 Å². The van der Waals surface area contributed by atoms with Crippen LogP contribution < -0.4 is 5.32 Å². The van der Waals surface area contributed by atoms with Gasteiger partial charge in [0.15, 0.2) is 11.5 Å². The molecule has 4 heteroatoms. The average molecular weight is 214 g/mol. The minimum absolute atomic E-state index is 0.408. The van der Waals surface area contributed by atoms with Gasteiger partial charge in [-0.25, -0.2) is 9.97 Å². The molecule has 2 fully saturated rings. The molecule has 0 saturated heterocycles. The maximum absolute atomic E-state index is 8.93. The summed E-state index contributed by atoms with van der Waals surface area (Å²) >= 11 is 0. The van der Waals surface area contributed by atoms with Crippen LogP contribution in [0.15, 0.2) is 12.4 Å². The van der Waals surface area contributed by atoms with Gasteiger partial charge < -0.3 is 5.32 Å². The number of nitriles is 1. The first-order valence-electron chi connectivity index (χ1n) is 5.84. The molecule has 0 radical (unpaired) electrons. The lowest BCUT2D eigenvalue weighted by atomic mass is 9.95. The van der Waals surface area contributed by atoms with Crippen LogP contribution in [-0.4, -0.2) is 16.0 Å². The van der Waals surface area contributed by atoms with Crippen molar-refractivity contribution in [2.45, 2.75) is 31.7 Å². The van der Waals surface area contributed by atoms with Crippen molar-refractivity contribution < 1.29 is 0 Å². The van der Waals surface area contributed by atoms with E-state index < -0.39 is 0 Å². The Balaban J connectivity index is 1.77. The molecule has 2 aliphatic rings. The normalized spacial score (nSPS) is 31.3. The van der Waals surface area contributed by atoms with Gasteiger partial charge in [-0.05, 0) is 31.1 Å². The molecule has 2 bridgehead atoms. The van der Waals surface area contributed by atoms with Gasteiger partial charge in [-0.1, -0.05) is 6.42 Å². The van der Waals surface area contributed by atoms with E-state index in [1.165, 1.54) is 25.7 Å². The Hall–Kier alpha value is -1.63. The van der Waals surface area contributed by atoms with E-state index in [9.17, 15) is 0 Å². The smallest absolute Gasteiger partial charge is 0.182 e. The Bertz CT molecular complexity index is 437. The summed E-state index contributed by atoms with van der Waals surface area (Å²) < 4.78 is 0. The predicted molar refractivity (Wildman–Crippen MR) is 59.6 cm³/mol. The molecular weight excluding hydrogens is 200 g/mol. The lowest BCUT2D eigenvalue weighted by Crippen LogP contribution is -2.26.